The molecule has 0 radical (unpaired) electrons. The monoisotopic (exact) mass is 316 g/mol. The lowest BCUT2D eigenvalue weighted by molar-refractivity contribution is -0.127. The molecule has 0 bridgehead atoms. The van der Waals surface area contributed by atoms with Gasteiger partial charge in [0.1, 0.15) is 0 Å². The molecule has 1 atom stereocenters. The molecule has 2 aliphatic heterocycles. The van der Waals surface area contributed by atoms with Crippen molar-refractivity contribution in [1.82, 2.24) is 9.80 Å². The predicted molar refractivity (Wildman–Crippen MR) is 97.0 cm³/mol. The van der Waals surface area contributed by atoms with Crippen molar-refractivity contribution in [3.05, 3.63) is 35.6 Å². The summed E-state index contributed by atoms with van der Waals surface area (Å²) in [6.45, 7) is 11.5. The topological polar surface area (TPSA) is 23.6 Å². The van der Waals surface area contributed by atoms with E-state index in [4.69, 9.17) is 0 Å². The summed E-state index contributed by atoms with van der Waals surface area (Å²) >= 11 is 0. The zero-order chi connectivity index (χ0) is 16.8. The minimum Gasteiger partial charge on any atom is -0.368 e. The highest BCUT2D eigenvalue weighted by Gasteiger charge is 2.31. The van der Waals surface area contributed by atoms with Gasteiger partial charge in [0.15, 0.2) is 0 Å². The van der Waals surface area contributed by atoms with Gasteiger partial charge in [-0.3, -0.25) is 4.79 Å². The Labute approximate surface area is 141 Å². The molecule has 0 spiro atoms. The van der Waals surface area contributed by atoms with Gasteiger partial charge in [0, 0.05) is 43.7 Å². The molecule has 128 valence electrons. The van der Waals surface area contributed by atoms with Crippen molar-refractivity contribution >= 4 is 5.91 Å². The van der Waals surface area contributed by atoms with Crippen molar-refractivity contribution in [3.8, 4) is 0 Å². The van der Waals surface area contributed by atoms with Crippen LogP contribution in [0.4, 0.5) is 0 Å². The number of carbonyl (C=O) groups excluding carboxylic acids is 1. The Bertz CT molecular complexity index is 502. The van der Waals surface area contributed by atoms with Gasteiger partial charge in [-0.05, 0) is 44.8 Å². The van der Waals surface area contributed by atoms with Crippen molar-refractivity contribution in [3.63, 3.8) is 0 Å². The summed E-state index contributed by atoms with van der Waals surface area (Å²) in [6, 6.07) is 0.532. The molecule has 0 aromatic rings. The van der Waals surface area contributed by atoms with Crippen LogP contribution in [0, 0.1) is 5.92 Å². The third kappa shape index (κ3) is 4.07. The lowest BCUT2D eigenvalue weighted by Gasteiger charge is -2.26. The molecule has 0 saturated carbocycles. The van der Waals surface area contributed by atoms with E-state index in [1.54, 1.807) is 0 Å². The van der Waals surface area contributed by atoms with Crippen molar-refractivity contribution in [2.24, 2.45) is 5.92 Å². The highest BCUT2D eigenvalue weighted by Crippen LogP contribution is 2.35. The van der Waals surface area contributed by atoms with E-state index in [-0.39, 0.29) is 0 Å². The highest BCUT2D eigenvalue weighted by molar-refractivity contribution is 5.78. The number of carbonyl (C=O) groups is 1. The SMILES string of the molecule is CC.CC(C)N1CC(CCN2CCCC2=O)C2=C1C=CCC=C2. The molecular weight excluding hydrogens is 284 g/mol. The quantitative estimate of drug-likeness (QED) is 0.778. The van der Waals surface area contributed by atoms with E-state index in [2.05, 4.69) is 48.0 Å². The summed E-state index contributed by atoms with van der Waals surface area (Å²) in [7, 11) is 0. The average molecular weight is 316 g/mol. The van der Waals surface area contributed by atoms with E-state index in [9.17, 15) is 4.79 Å². The number of amides is 1. The van der Waals surface area contributed by atoms with Crippen LogP contribution >= 0.6 is 0 Å². The average Bonchev–Trinajstić information content (AvgIpc) is 3.02. The van der Waals surface area contributed by atoms with E-state index in [0.29, 0.717) is 17.9 Å². The summed E-state index contributed by atoms with van der Waals surface area (Å²) in [6.07, 6.45) is 13.0. The van der Waals surface area contributed by atoms with Gasteiger partial charge in [0.25, 0.3) is 0 Å². The molecule has 0 aromatic carbocycles. The Hall–Kier alpha value is -1.51. The fourth-order valence-corrected chi connectivity index (χ4v) is 3.66. The van der Waals surface area contributed by atoms with Crippen LogP contribution in [-0.4, -0.2) is 41.4 Å². The van der Waals surface area contributed by atoms with Gasteiger partial charge >= 0.3 is 0 Å². The first-order valence-electron chi connectivity index (χ1n) is 9.28. The Kier molecular flexibility index (Phi) is 6.49. The number of hydrogen-bond acceptors (Lipinski definition) is 2. The zero-order valence-electron chi connectivity index (χ0n) is 15.2. The van der Waals surface area contributed by atoms with Crippen LogP contribution in [-0.2, 0) is 4.79 Å². The van der Waals surface area contributed by atoms with Crippen LogP contribution in [0.3, 0.4) is 0 Å². The number of nitrogens with zero attached hydrogens (tertiary/aromatic N) is 2. The third-order valence-corrected chi connectivity index (χ3v) is 4.85. The van der Waals surface area contributed by atoms with Crippen LogP contribution in [0.15, 0.2) is 35.6 Å². The number of hydrogen-bond donors (Lipinski definition) is 0. The maximum atomic E-state index is 11.8. The lowest BCUT2D eigenvalue weighted by atomic mass is 9.96. The number of allylic oxidation sites excluding steroid dienone is 4. The third-order valence-electron chi connectivity index (χ3n) is 4.85. The van der Waals surface area contributed by atoms with Gasteiger partial charge in [-0.2, -0.15) is 0 Å². The molecule has 1 unspecified atom stereocenters. The molecule has 1 saturated heterocycles. The standard InChI is InChI=1S/C18H26N2O.C2H6/c1-14(2)20-13-15(10-12-19-11-6-9-18(19)21)16-7-4-3-5-8-17(16)20;1-2/h4-5,7-8,14-15H,3,6,9-13H2,1-2H3;1-2H3. The first-order valence-corrected chi connectivity index (χ1v) is 9.28. The summed E-state index contributed by atoms with van der Waals surface area (Å²) in [5.74, 6) is 0.911. The van der Waals surface area contributed by atoms with E-state index >= 15 is 0 Å². The summed E-state index contributed by atoms with van der Waals surface area (Å²) in [5.41, 5.74) is 2.88. The number of likely N-dealkylation sites (tertiary alicyclic amines) is 1. The summed E-state index contributed by atoms with van der Waals surface area (Å²) in [4.78, 5) is 16.3. The largest absolute Gasteiger partial charge is 0.368 e. The van der Waals surface area contributed by atoms with Crippen LogP contribution in [0.2, 0.25) is 0 Å². The molecule has 3 nitrogen and oxygen atoms in total. The molecule has 0 aromatic heterocycles. The smallest absolute Gasteiger partial charge is 0.222 e. The van der Waals surface area contributed by atoms with Crippen LogP contribution < -0.4 is 0 Å². The van der Waals surface area contributed by atoms with Gasteiger partial charge < -0.3 is 9.80 Å². The minimum absolute atomic E-state index is 0.347. The molecule has 23 heavy (non-hydrogen) atoms. The molecule has 1 fully saturated rings. The van der Waals surface area contributed by atoms with Crippen LogP contribution in [0.1, 0.15) is 53.4 Å². The van der Waals surface area contributed by atoms with Crippen molar-refractivity contribution in [1.29, 1.82) is 0 Å². The van der Waals surface area contributed by atoms with Crippen molar-refractivity contribution in [2.45, 2.75) is 59.4 Å². The normalized spacial score (nSPS) is 23.3. The van der Waals surface area contributed by atoms with E-state index in [1.807, 2.05) is 13.8 Å². The predicted octanol–water partition coefficient (Wildman–Crippen LogP) is 4.14. The fraction of sp³-hybridized carbons (Fsp3) is 0.650. The highest BCUT2D eigenvalue weighted by atomic mass is 16.2. The fourth-order valence-electron chi connectivity index (χ4n) is 3.66. The second-order valence-electron chi connectivity index (χ2n) is 6.60. The molecule has 3 rings (SSSR count). The van der Waals surface area contributed by atoms with Gasteiger partial charge in [0.2, 0.25) is 5.91 Å². The van der Waals surface area contributed by atoms with Gasteiger partial charge in [-0.15, -0.1) is 0 Å². The van der Waals surface area contributed by atoms with E-state index in [1.165, 1.54) is 11.3 Å². The molecule has 2 heterocycles. The zero-order valence-corrected chi connectivity index (χ0v) is 15.2. The molecule has 1 amide bonds. The summed E-state index contributed by atoms with van der Waals surface area (Å²) < 4.78 is 0. The lowest BCUT2D eigenvalue weighted by Crippen LogP contribution is -2.31. The van der Waals surface area contributed by atoms with E-state index in [0.717, 1.165) is 45.3 Å². The molecule has 1 aliphatic carbocycles. The Morgan fingerprint density at radius 3 is 2.61 bits per heavy atom. The molecular formula is C20H32N2O. The second-order valence-corrected chi connectivity index (χ2v) is 6.60. The first-order chi connectivity index (χ1) is 11.2. The van der Waals surface area contributed by atoms with Gasteiger partial charge in [0.05, 0.1) is 0 Å². The van der Waals surface area contributed by atoms with Gasteiger partial charge in [-0.1, -0.05) is 32.1 Å². The van der Waals surface area contributed by atoms with Crippen LogP contribution in [0.25, 0.3) is 0 Å². The van der Waals surface area contributed by atoms with Crippen molar-refractivity contribution < 1.29 is 4.79 Å². The second kappa shape index (κ2) is 8.37. The maximum absolute atomic E-state index is 11.8. The summed E-state index contributed by atoms with van der Waals surface area (Å²) in [5, 5.41) is 0. The molecule has 0 N–H and O–H groups in total. The first kappa shape index (κ1) is 17.8. The Morgan fingerprint density at radius 2 is 1.96 bits per heavy atom. The van der Waals surface area contributed by atoms with Gasteiger partial charge in [-0.25, -0.2) is 0 Å². The molecule has 3 aliphatic rings. The molecule has 3 heteroatoms. The maximum Gasteiger partial charge on any atom is 0.222 e. The minimum atomic E-state index is 0.347. The Balaban J connectivity index is 0.000000924. The number of rotatable bonds is 4. The van der Waals surface area contributed by atoms with Crippen molar-refractivity contribution in [2.75, 3.05) is 19.6 Å². The van der Waals surface area contributed by atoms with E-state index < -0.39 is 0 Å². The Morgan fingerprint density at radius 1 is 1.22 bits per heavy atom. The van der Waals surface area contributed by atoms with Crippen LogP contribution in [0.5, 0.6) is 0 Å².